The molecule has 11 heteroatoms. The summed E-state index contributed by atoms with van der Waals surface area (Å²) in [4.78, 5) is 11.5. The van der Waals surface area contributed by atoms with Crippen LogP contribution in [0.1, 0.15) is 24.9 Å². The van der Waals surface area contributed by atoms with Gasteiger partial charge in [-0.25, -0.2) is 22.0 Å². The van der Waals surface area contributed by atoms with Crippen molar-refractivity contribution in [3.05, 3.63) is 42.0 Å². The highest BCUT2D eigenvalue weighted by Crippen LogP contribution is 2.28. The predicted molar refractivity (Wildman–Crippen MR) is 102 cm³/mol. The average molecular weight is 433 g/mol. The Bertz CT molecular complexity index is 1010. The van der Waals surface area contributed by atoms with E-state index in [0.717, 1.165) is 5.56 Å². The van der Waals surface area contributed by atoms with E-state index in [0.29, 0.717) is 17.1 Å². The van der Waals surface area contributed by atoms with Gasteiger partial charge in [0.2, 0.25) is 15.9 Å². The average Bonchev–Trinajstić information content (AvgIpc) is 3.10. The van der Waals surface area contributed by atoms with Gasteiger partial charge in [0.1, 0.15) is 14.2 Å². The van der Waals surface area contributed by atoms with Gasteiger partial charge in [-0.1, -0.05) is 12.1 Å². The number of rotatable bonds is 8. The van der Waals surface area contributed by atoms with Crippen molar-refractivity contribution in [2.24, 2.45) is 5.14 Å². The molecule has 1 aromatic carbocycles. The standard InChI is InChI=1S/C16H20N2O6S3/c1-11(19)18-14(12-3-5-13(24-2)6-4-12)9-10-26(20,21)15-7-8-16(25-15)27(17,22)23/h3-8,14H,9-10H2,1-2H3,(H,18,19)(H2,17,22,23). The van der Waals surface area contributed by atoms with E-state index in [9.17, 15) is 21.6 Å². The summed E-state index contributed by atoms with van der Waals surface area (Å²) in [6, 6.07) is 8.81. The molecule has 0 aliphatic carbocycles. The second kappa shape index (κ2) is 8.38. The number of nitrogens with one attached hydrogen (secondary N) is 1. The number of hydrogen-bond donors (Lipinski definition) is 2. The van der Waals surface area contributed by atoms with Crippen LogP contribution in [0.25, 0.3) is 0 Å². The van der Waals surface area contributed by atoms with Gasteiger partial charge in [0.05, 0.1) is 18.9 Å². The summed E-state index contributed by atoms with van der Waals surface area (Å²) in [7, 11) is -6.15. The van der Waals surface area contributed by atoms with E-state index in [-0.39, 0.29) is 26.5 Å². The van der Waals surface area contributed by atoms with Gasteiger partial charge in [-0.05, 0) is 36.2 Å². The fourth-order valence-electron chi connectivity index (χ4n) is 2.40. The lowest BCUT2D eigenvalue weighted by molar-refractivity contribution is -0.119. The van der Waals surface area contributed by atoms with E-state index in [1.807, 2.05) is 0 Å². The van der Waals surface area contributed by atoms with E-state index < -0.39 is 25.9 Å². The number of carbonyl (C=O) groups is 1. The summed E-state index contributed by atoms with van der Waals surface area (Å²) >= 11 is 0.608. The Morgan fingerprint density at radius 1 is 1.11 bits per heavy atom. The molecule has 2 rings (SSSR count). The topological polar surface area (TPSA) is 133 Å². The molecule has 1 unspecified atom stereocenters. The number of methoxy groups -OCH3 is 1. The van der Waals surface area contributed by atoms with E-state index in [1.54, 1.807) is 24.3 Å². The molecule has 1 heterocycles. The molecule has 8 nitrogen and oxygen atoms in total. The minimum absolute atomic E-state index is 0.0807. The van der Waals surface area contributed by atoms with E-state index in [2.05, 4.69) is 5.32 Å². The van der Waals surface area contributed by atoms with Crippen LogP contribution in [0.4, 0.5) is 0 Å². The number of thiophene rings is 1. The Morgan fingerprint density at radius 3 is 2.19 bits per heavy atom. The Labute approximate surface area is 162 Å². The molecule has 0 fully saturated rings. The largest absolute Gasteiger partial charge is 0.497 e. The highest BCUT2D eigenvalue weighted by Gasteiger charge is 2.23. The highest BCUT2D eigenvalue weighted by atomic mass is 32.3. The Hall–Kier alpha value is -1.95. The number of carbonyl (C=O) groups excluding carboxylic acids is 1. The molecule has 0 spiro atoms. The molecular formula is C16H20N2O6S3. The van der Waals surface area contributed by atoms with Crippen LogP contribution in [0, 0.1) is 0 Å². The number of sulfone groups is 1. The molecule has 3 N–H and O–H groups in total. The summed E-state index contributed by atoms with van der Waals surface area (Å²) in [5.74, 6) is 0.0806. The van der Waals surface area contributed by atoms with Gasteiger partial charge in [-0.15, -0.1) is 11.3 Å². The monoisotopic (exact) mass is 432 g/mol. The zero-order chi connectivity index (χ0) is 20.2. The number of sulfonamides is 1. The van der Waals surface area contributed by atoms with Crippen molar-refractivity contribution in [1.82, 2.24) is 5.32 Å². The number of amides is 1. The van der Waals surface area contributed by atoms with Crippen LogP contribution in [-0.4, -0.2) is 35.6 Å². The normalized spacial score (nSPS) is 13.1. The lowest BCUT2D eigenvalue weighted by Gasteiger charge is -2.18. The van der Waals surface area contributed by atoms with Gasteiger partial charge in [-0.2, -0.15) is 0 Å². The molecule has 0 saturated carbocycles. The quantitative estimate of drug-likeness (QED) is 0.649. The Morgan fingerprint density at radius 2 is 1.70 bits per heavy atom. The number of primary sulfonamides is 1. The maximum absolute atomic E-state index is 12.5. The van der Waals surface area contributed by atoms with E-state index in [4.69, 9.17) is 9.88 Å². The fraction of sp³-hybridized carbons (Fsp3) is 0.312. The molecule has 1 atom stereocenters. The molecule has 0 saturated heterocycles. The van der Waals surface area contributed by atoms with Crippen molar-refractivity contribution >= 4 is 37.1 Å². The van der Waals surface area contributed by atoms with Crippen LogP contribution in [0.2, 0.25) is 0 Å². The summed E-state index contributed by atoms with van der Waals surface area (Å²) in [5, 5.41) is 7.75. The minimum atomic E-state index is -3.95. The van der Waals surface area contributed by atoms with Crippen LogP contribution in [0.5, 0.6) is 5.75 Å². The molecule has 1 amide bonds. The smallest absolute Gasteiger partial charge is 0.247 e. The first kappa shape index (κ1) is 21.4. The van der Waals surface area contributed by atoms with Gasteiger partial charge in [0.25, 0.3) is 0 Å². The Kier molecular flexibility index (Phi) is 6.63. The van der Waals surface area contributed by atoms with Gasteiger partial charge < -0.3 is 10.1 Å². The zero-order valence-corrected chi connectivity index (χ0v) is 17.2. The van der Waals surface area contributed by atoms with Crippen molar-refractivity contribution in [2.45, 2.75) is 27.8 Å². The van der Waals surface area contributed by atoms with Crippen LogP contribution in [0.3, 0.4) is 0 Å². The minimum Gasteiger partial charge on any atom is -0.497 e. The van der Waals surface area contributed by atoms with Gasteiger partial charge in [0, 0.05) is 6.92 Å². The van der Waals surface area contributed by atoms with Crippen LogP contribution < -0.4 is 15.2 Å². The molecule has 0 aliphatic heterocycles. The second-order valence-electron chi connectivity index (χ2n) is 5.75. The van der Waals surface area contributed by atoms with Crippen molar-refractivity contribution in [3.63, 3.8) is 0 Å². The molecule has 0 bridgehead atoms. The molecular weight excluding hydrogens is 412 g/mol. The first-order valence-electron chi connectivity index (χ1n) is 7.79. The van der Waals surface area contributed by atoms with Crippen molar-refractivity contribution < 1.29 is 26.4 Å². The van der Waals surface area contributed by atoms with Crippen molar-refractivity contribution in [3.8, 4) is 5.75 Å². The first-order chi connectivity index (χ1) is 12.5. The molecule has 148 valence electrons. The van der Waals surface area contributed by atoms with Gasteiger partial charge in [-0.3, -0.25) is 4.79 Å². The molecule has 0 radical (unpaired) electrons. The summed E-state index contributed by atoms with van der Waals surface area (Å²) < 4.78 is 52.5. The van der Waals surface area contributed by atoms with E-state index >= 15 is 0 Å². The SMILES string of the molecule is COc1ccc(C(CCS(=O)(=O)c2ccc(S(N)(=O)=O)s2)NC(C)=O)cc1. The van der Waals surface area contributed by atoms with Gasteiger partial charge >= 0.3 is 0 Å². The zero-order valence-electron chi connectivity index (χ0n) is 14.7. The molecule has 1 aromatic heterocycles. The number of benzene rings is 1. The lowest BCUT2D eigenvalue weighted by Crippen LogP contribution is -2.27. The lowest BCUT2D eigenvalue weighted by atomic mass is 10.0. The van der Waals surface area contributed by atoms with Crippen LogP contribution in [0.15, 0.2) is 44.8 Å². The predicted octanol–water partition coefficient (Wildman–Crippen LogP) is 1.45. The van der Waals surface area contributed by atoms with Crippen molar-refractivity contribution in [1.29, 1.82) is 0 Å². The summed E-state index contributed by atoms with van der Waals surface area (Å²) in [6.45, 7) is 1.35. The van der Waals surface area contributed by atoms with Crippen molar-refractivity contribution in [2.75, 3.05) is 12.9 Å². The number of nitrogens with two attached hydrogens (primary N) is 1. The number of hydrogen-bond acceptors (Lipinski definition) is 7. The first-order valence-corrected chi connectivity index (χ1v) is 11.8. The summed E-state index contributed by atoms with van der Waals surface area (Å²) in [5.41, 5.74) is 0.734. The van der Waals surface area contributed by atoms with Crippen LogP contribution in [-0.2, 0) is 24.7 Å². The van der Waals surface area contributed by atoms with Crippen LogP contribution >= 0.6 is 11.3 Å². The molecule has 27 heavy (non-hydrogen) atoms. The third-order valence-corrected chi connectivity index (χ3v) is 8.57. The van der Waals surface area contributed by atoms with E-state index in [1.165, 1.54) is 26.2 Å². The fourth-order valence-corrected chi connectivity index (χ4v) is 6.07. The Balaban J connectivity index is 2.19. The van der Waals surface area contributed by atoms with Gasteiger partial charge in [0.15, 0.2) is 9.84 Å². The number of ether oxygens (including phenoxy) is 1. The maximum Gasteiger partial charge on any atom is 0.247 e. The maximum atomic E-state index is 12.5. The third-order valence-electron chi connectivity index (χ3n) is 3.71. The highest BCUT2D eigenvalue weighted by molar-refractivity contribution is 7.95. The summed E-state index contributed by atoms with van der Waals surface area (Å²) in [6.07, 6.45) is 0.122. The second-order valence-corrected chi connectivity index (χ2v) is 11.0. The molecule has 0 aliphatic rings. The molecule has 2 aromatic rings. The third kappa shape index (κ3) is 5.76.